The molecule has 41 heavy (non-hydrogen) atoms. The van der Waals surface area contributed by atoms with E-state index < -0.39 is 8.80 Å². The average molecular weight is 600 g/mol. The molecule has 3 heterocycles. The van der Waals surface area contributed by atoms with Crippen molar-refractivity contribution in [2.24, 2.45) is 0 Å². The van der Waals surface area contributed by atoms with Crippen LogP contribution in [-0.4, -0.2) is 116 Å². The summed E-state index contributed by atoms with van der Waals surface area (Å²) >= 11 is 0. The minimum Gasteiger partial charge on any atom is -0.372 e. The molecule has 3 aliphatic rings. The number of hydrogen-bond acceptors (Lipinski definition) is 4. The molecule has 0 radical (unpaired) electrons. The van der Waals surface area contributed by atoms with Crippen LogP contribution < -0.4 is 0 Å². The van der Waals surface area contributed by atoms with Crippen molar-refractivity contribution < 1.29 is 22.2 Å². The molecular formula is C34H73N3O3Si+2. The van der Waals surface area contributed by atoms with Gasteiger partial charge in [-0.25, -0.2) is 0 Å². The third kappa shape index (κ3) is 18.4. The highest BCUT2D eigenvalue weighted by Gasteiger charge is 2.43. The number of nitrogens with zero attached hydrogens (tertiary/aromatic N) is 3. The van der Waals surface area contributed by atoms with Crippen LogP contribution in [0.25, 0.3) is 0 Å². The second kappa shape index (κ2) is 21.6. The third-order valence-corrected chi connectivity index (χ3v) is 12.5. The molecule has 0 N–H and O–H groups in total. The van der Waals surface area contributed by atoms with Crippen molar-refractivity contribution in [3.05, 3.63) is 0 Å². The summed E-state index contributed by atoms with van der Waals surface area (Å²) in [6.45, 7) is 12.7. The van der Waals surface area contributed by atoms with Gasteiger partial charge in [-0.2, -0.15) is 0 Å². The molecule has 0 saturated carbocycles. The smallest absolute Gasteiger partial charge is 0.372 e. The Morgan fingerprint density at radius 3 is 1.22 bits per heavy atom. The van der Waals surface area contributed by atoms with Gasteiger partial charge < -0.3 is 22.2 Å². The van der Waals surface area contributed by atoms with Gasteiger partial charge in [0.25, 0.3) is 0 Å². The normalized spacial score (nSPS) is 22.0. The molecule has 3 rings (SSSR count). The minimum absolute atomic E-state index is 0.761. The van der Waals surface area contributed by atoms with Crippen LogP contribution in [0.2, 0.25) is 6.04 Å². The molecule has 7 heteroatoms. The van der Waals surface area contributed by atoms with Gasteiger partial charge in [0.2, 0.25) is 0 Å². The molecule has 0 spiro atoms. The molecule has 2 bridgehead atoms. The van der Waals surface area contributed by atoms with Crippen LogP contribution >= 0.6 is 0 Å². The molecule has 0 aromatic carbocycles. The predicted molar refractivity (Wildman–Crippen MR) is 177 cm³/mol. The van der Waals surface area contributed by atoms with E-state index in [9.17, 15) is 0 Å². The largest absolute Gasteiger partial charge is 0.501 e. The lowest BCUT2D eigenvalue weighted by molar-refractivity contribution is -0.909. The van der Waals surface area contributed by atoms with E-state index in [1.54, 1.807) is 0 Å². The van der Waals surface area contributed by atoms with E-state index in [1.165, 1.54) is 140 Å². The van der Waals surface area contributed by atoms with Crippen LogP contribution in [0.4, 0.5) is 0 Å². The van der Waals surface area contributed by atoms with Crippen molar-refractivity contribution >= 4 is 8.80 Å². The van der Waals surface area contributed by atoms with Gasteiger partial charge in [-0.05, 0) is 12.8 Å². The summed E-state index contributed by atoms with van der Waals surface area (Å²) in [6, 6.07) is 0.968. The first-order valence-electron chi connectivity index (χ1n) is 18.0. The fourth-order valence-corrected chi connectivity index (χ4v) is 9.11. The van der Waals surface area contributed by atoms with E-state index >= 15 is 0 Å². The molecular weight excluding hydrogens is 526 g/mol. The van der Waals surface area contributed by atoms with E-state index in [4.69, 9.17) is 13.3 Å². The minimum atomic E-state index is -2.47. The second-order valence-electron chi connectivity index (χ2n) is 14.6. The van der Waals surface area contributed by atoms with E-state index in [0.29, 0.717) is 0 Å². The number of fused-ring (bicyclic) bond motifs is 6. The average Bonchev–Trinajstić information content (AvgIpc) is 2.88. The summed E-state index contributed by atoms with van der Waals surface area (Å²) in [6.07, 6.45) is 25.5. The Bertz CT molecular complexity index is 608. The molecule has 0 aliphatic carbocycles. The van der Waals surface area contributed by atoms with E-state index in [0.717, 1.165) is 56.4 Å². The van der Waals surface area contributed by atoms with Crippen molar-refractivity contribution in [1.29, 1.82) is 0 Å². The van der Waals surface area contributed by atoms with Gasteiger partial charge in [0.05, 0.1) is 74.2 Å². The van der Waals surface area contributed by atoms with Crippen molar-refractivity contribution in [2.75, 3.05) is 93.8 Å². The van der Waals surface area contributed by atoms with Gasteiger partial charge in [0.1, 0.15) is 0 Å². The van der Waals surface area contributed by atoms with Gasteiger partial charge >= 0.3 is 8.80 Å². The zero-order valence-electron chi connectivity index (χ0n) is 28.6. The molecule has 0 amide bonds. The molecule has 244 valence electrons. The molecule has 0 aromatic heterocycles. The lowest BCUT2D eigenvalue weighted by Gasteiger charge is -2.39. The summed E-state index contributed by atoms with van der Waals surface area (Å²) in [4.78, 5) is 2.39. The fourth-order valence-electron chi connectivity index (χ4n) is 6.63. The highest BCUT2D eigenvalue weighted by molar-refractivity contribution is 6.60. The molecule has 0 aromatic rings. The Balaban J connectivity index is 1.43. The summed E-state index contributed by atoms with van der Waals surface area (Å²) in [5.41, 5.74) is 0. The van der Waals surface area contributed by atoms with Crippen LogP contribution in [0.3, 0.4) is 0 Å². The van der Waals surface area contributed by atoms with Gasteiger partial charge in [-0.1, -0.05) is 96.8 Å². The van der Waals surface area contributed by atoms with Gasteiger partial charge in [-0.3, -0.25) is 4.90 Å². The first-order valence-corrected chi connectivity index (χ1v) is 20.0. The standard InChI is InChI=1S/C34H73N3O3Si/c1-6-7-8-9-10-11-12-13-14-15-16-17-18-19-20-21-27-36(2,3)28-22-29-37(4,5)30-23-34-41-38-31-24-35(25-32-39-41)26-33-40-41/h6-34H2,1-5H3/q+2. The van der Waals surface area contributed by atoms with Crippen LogP contribution in [0, 0.1) is 0 Å². The Morgan fingerprint density at radius 2 is 0.805 bits per heavy atom. The van der Waals surface area contributed by atoms with Crippen molar-refractivity contribution in [3.63, 3.8) is 0 Å². The SMILES string of the molecule is CCCCCCCCCCCCCCCCCC[N+](C)(C)CCC[N+](C)(C)CCC[Si]12OCCN(CCO1)CCO2. The molecule has 0 atom stereocenters. The maximum absolute atomic E-state index is 6.23. The topological polar surface area (TPSA) is 30.9 Å². The van der Waals surface area contributed by atoms with Gasteiger partial charge in [-0.15, -0.1) is 0 Å². The monoisotopic (exact) mass is 600 g/mol. The Morgan fingerprint density at radius 1 is 0.463 bits per heavy atom. The fraction of sp³-hybridized carbons (Fsp3) is 1.00. The van der Waals surface area contributed by atoms with Crippen LogP contribution in [0.5, 0.6) is 0 Å². The number of unbranched alkanes of at least 4 members (excludes halogenated alkanes) is 15. The maximum Gasteiger partial charge on any atom is 0.501 e. The van der Waals surface area contributed by atoms with Crippen LogP contribution in [0.1, 0.15) is 122 Å². The lowest BCUT2D eigenvalue weighted by atomic mass is 10.0. The summed E-state index contributed by atoms with van der Waals surface area (Å²) < 4.78 is 20.9. The van der Waals surface area contributed by atoms with Crippen LogP contribution in [-0.2, 0) is 13.3 Å². The van der Waals surface area contributed by atoms with Gasteiger partial charge in [0.15, 0.2) is 0 Å². The lowest BCUT2D eigenvalue weighted by Crippen LogP contribution is -2.55. The quantitative estimate of drug-likeness (QED) is 0.0618. The zero-order valence-corrected chi connectivity index (χ0v) is 29.6. The molecule has 3 fully saturated rings. The van der Waals surface area contributed by atoms with Crippen molar-refractivity contribution in [1.82, 2.24) is 4.90 Å². The second-order valence-corrected chi connectivity index (χ2v) is 17.3. The molecule has 0 unspecified atom stereocenters. The predicted octanol–water partition coefficient (Wildman–Crippen LogP) is 7.50. The van der Waals surface area contributed by atoms with E-state index in [-0.39, 0.29) is 0 Å². The van der Waals surface area contributed by atoms with Crippen LogP contribution in [0.15, 0.2) is 0 Å². The highest BCUT2D eigenvalue weighted by atomic mass is 28.4. The molecule has 3 aliphatic heterocycles. The summed E-state index contributed by atoms with van der Waals surface area (Å²) in [7, 11) is 7.19. The Kier molecular flexibility index (Phi) is 19.6. The maximum atomic E-state index is 6.23. The summed E-state index contributed by atoms with van der Waals surface area (Å²) in [5.74, 6) is 0. The molecule has 6 nitrogen and oxygen atoms in total. The zero-order chi connectivity index (χ0) is 29.7. The van der Waals surface area contributed by atoms with Crippen molar-refractivity contribution in [2.45, 2.75) is 129 Å². The van der Waals surface area contributed by atoms with Crippen molar-refractivity contribution in [3.8, 4) is 0 Å². The summed E-state index contributed by atoms with van der Waals surface area (Å²) in [5, 5.41) is 0. The number of hydrogen-bond donors (Lipinski definition) is 0. The number of quaternary nitrogens is 2. The Hall–Kier alpha value is -0.0231. The number of rotatable bonds is 25. The Labute approximate surface area is 258 Å². The highest BCUT2D eigenvalue weighted by Crippen LogP contribution is 2.23. The van der Waals surface area contributed by atoms with E-state index in [2.05, 4.69) is 40.0 Å². The van der Waals surface area contributed by atoms with Gasteiger partial charge in [0, 0.05) is 38.5 Å². The van der Waals surface area contributed by atoms with E-state index in [1.807, 2.05) is 0 Å². The third-order valence-electron chi connectivity index (χ3n) is 9.58. The first-order chi connectivity index (χ1) is 19.8. The molecule has 3 saturated heterocycles. The first kappa shape index (κ1) is 37.2.